The van der Waals surface area contributed by atoms with Crippen LogP contribution in [0, 0.1) is 17.0 Å². The number of nitrogens with zero attached hydrogens (tertiary/aromatic N) is 1. The first kappa shape index (κ1) is 25.9. The third-order valence-electron chi connectivity index (χ3n) is 6.70. The molecule has 36 heavy (non-hydrogen) atoms. The maximum Gasteiger partial charge on any atom is 0.274 e. The van der Waals surface area contributed by atoms with Crippen LogP contribution in [0.3, 0.4) is 0 Å². The maximum atomic E-state index is 15.1. The van der Waals surface area contributed by atoms with Gasteiger partial charge in [0, 0.05) is 23.2 Å². The molecule has 1 aliphatic rings. The Bertz CT molecular complexity index is 1390. The molecule has 0 spiro atoms. The fourth-order valence-corrected chi connectivity index (χ4v) is 7.69. The normalized spacial score (nSPS) is 24.0. The van der Waals surface area contributed by atoms with Gasteiger partial charge in [-0.1, -0.05) is 23.7 Å². The van der Waals surface area contributed by atoms with Crippen molar-refractivity contribution in [3.05, 3.63) is 94.3 Å². The highest BCUT2D eigenvalue weighted by Crippen LogP contribution is 2.44. The van der Waals surface area contributed by atoms with E-state index in [2.05, 4.69) is 20.3 Å². The van der Waals surface area contributed by atoms with Crippen molar-refractivity contribution in [1.29, 1.82) is 5.41 Å². The highest BCUT2D eigenvalue weighted by atomic mass is 35.5. The lowest BCUT2D eigenvalue weighted by atomic mass is 9.89. The molecule has 1 amide bonds. The molecule has 0 unspecified atom stereocenters. The van der Waals surface area contributed by atoms with Crippen LogP contribution in [0.2, 0.25) is 5.02 Å². The zero-order valence-electron chi connectivity index (χ0n) is 19.8. The van der Waals surface area contributed by atoms with Crippen molar-refractivity contribution in [3.63, 3.8) is 0 Å². The summed E-state index contributed by atoms with van der Waals surface area (Å²) in [6.45, 7) is 3.30. The van der Waals surface area contributed by atoms with Crippen LogP contribution in [0.1, 0.15) is 35.5 Å². The number of anilines is 1. The van der Waals surface area contributed by atoms with E-state index in [1.165, 1.54) is 67.8 Å². The molecule has 1 aliphatic heterocycles. The zero-order valence-corrected chi connectivity index (χ0v) is 21.5. The monoisotopic (exact) mass is 533 g/mol. The molecule has 1 saturated heterocycles. The second-order valence-corrected chi connectivity index (χ2v) is 12.6. The Morgan fingerprint density at radius 1 is 1.14 bits per heavy atom. The van der Waals surface area contributed by atoms with Crippen molar-refractivity contribution in [2.24, 2.45) is 0 Å². The van der Waals surface area contributed by atoms with Crippen molar-refractivity contribution < 1.29 is 17.8 Å². The van der Waals surface area contributed by atoms with Crippen molar-refractivity contribution >= 4 is 39.1 Å². The number of carbonyl (C=O) groups is 1. The molecule has 0 aliphatic carbocycles. The van der Waals surface area contributed by atoms with Crippen molar-refractivity contribution in [1.82, 2.24) is 15.0 Å². The fourth-order valence-electron chi connectivity index (χ4n) is 4.53. The summed E-state index contributed by atoms with van der Waals surface area (Å²) in [6, 6.07) is 12.6. The number of thiol groups is 1. The molecule has 1 fully saturated rings. The quantitative estimate of drug-likeness (QED) is 0.318. The third-order valence-corrected chi connectivity index (χ3v) is 10.6. The maximum absolute atomic E-state index is 15.1. The topological polar surface area (TPSA) is 107 Å². The molecular weight excluding hydrogens is 508 g/mol. The van der Waals surface area contributed by atoms with E-state index in [0.717, 1.165) is 0 Å². The second-order valence-electron chi connectivity index (χ2n) is 9.04. The van der Waals surface area contributed by atoms with E-state index >= 15 is 4.39 Å². The summed E-state index contributed by atoms with van der Waals surface area (Å²) < 4.78 is 44.6. The van der Waals surface area contributed by atoms with Gasteiger partial charge in [0.1, 0.15) is 27.9 Å². The lowest BCUT2D eigenvalue weighted by molar-refractivity contribution is 0.102. The van der Waals surface area contributed by atoms with Gasteiger partial charge in [0.15, 0.2) is 0 Å². The van der Waals surface area contributed by atoms with E-state index in [1.807, 2.05) is 0 Å². The Balaban J connectivity index is 1.70. The summed E-state index contributed by atoms with van der Waals surface area (Å²) in [7, 11) is -1.91. The summed E-state index contributed by atoms with van der Waals surface area (Å²) >= 11 is 5.82. The number of amides is 1. The average molecular weight is 534 g/mol. The molecule has 0 radical (unpaired) electrons. The van der Waals surface area contributed by atoms with E-state index in [9.17, 15) is 13.4 Å². The summed E-state index contributed by atoms with van der Waals surface area (Å²) in [4.78, 5) is 16.6. The first-order valence-electron chi connectivity index (χ1n) is 11.1. The smallest absolute Gasteiger partial charge is 0.274 e. The number of halogens is 3. The van der Waals surface area contributed by atoms with Crippen LogP contribution >= 0.6 is 11.6 Å². The standard InChI is InChI=1S/C25H26ClF2N5O2S/c1-24(14-36(35,30-3)25(2,23(29)33-24)15-4-7-17(27)8-5-15)19-12-18(9-10-20(19)28)32-22(34)21-11-6-16(26)13-31-21/h4-13,36H,14H2,1-3H3,(H2,29,33)(H,30,35)(H,32,34)/t24-,25+/m0/s1. The van der Waals surface area contributed by atoms with Crippen molar-refractivity contribution in [3.8, 4) is 0 Å². The first-order valence-corrected chi connectivity index (χ1v) is 13.3. The van der Waals surface area contributed by atoms with E-state index < -0.39 is 37.9 Å². The van der Waals surface area contributed by atoms with Crippen LogP contribution in [0.15, 0.2) is 60.8 Å². The Labute approximate surface area is 213 Å². The van der Waals surface area contributed by atoms with Gasteiger partial charge in [-0.05, 0) is 79.0 Å². The van der Waals surface area contributed by atoms with Gasteiger partial charge in [0.2, 0.25) is 0 Å². The van der Waals surface area contributed by atoms with Crippen molar-refractivity contribution in [2.75, 3.05) is 18.1 Å². The largest absolute Gasteiger partial charge is 0.362 e. The van der Waals surface area contributed by atoms with Gasteiger partial charge in [-0.3, -0.25) is 19.1 Å². The molecule has 7 nitrogen and oxygen atoms in total. The molecule has 11 heteroatoms. The van der Waals surface area contributed by atoms with Crippen LogP contribution in [-0.4, -0.2) is 33.7 Å². The molecule has 2 heterocycles. The number of nitrogens with one attached hydrogen (secondary N) is 4. The Hall–Kier alpha value is -3.21. The lowest BCUT2D eigenvalue weighted by Gasteiger charge is -2.53. The molecule has 0 saturated carbocycles. The first-order chi connectivity index (χ1) is 16.9. The third kappa shape index (κ3) is 4.40. The van der Waals surface area contributed by atoms with Gasteiger partial charge in [0.25, 0.3) is 5.91 Å². The highest BCUT2D eigenvalue weighted by molar-refractivity contribution is 8.02. The molecule has 2 aromatic carbocycles. The van der Waals surface area contributed by atoms with E-state index in [1.54, 1.807) is 13.8 Å². The molecule has 4 N–H and O–H groups in total. The van der Waals surface area contributed by atoms with Gasteiger partial charge in [0.05, 0.1) is 10.6 Å². The van der Waals surface area contributed by atoms with Crippen molar-refractivity contribution in [2.45, 2.75) is 24.1 Å². The van der Waals surface area contributed by atoms with Crippen LogP contribution in [0.25, 0.3) is 0 Å². The van der Waals surface area contributed by atoms with E-state index in [4.69, 9.17) is 17.0 Å². The molecule has 0 bridgehead atoms. The number of aromatic nitrogens is 1. The van der Waals surface area contributed by atoms with Crippen LogP contribution in [0.4, 0.5) is 14.5 Å². The van der Waals surface area contributed by atoms with Gasteiger partial charge >= 0.3 is 0 Å². The second kappa shape index (κ2) is 9.34. The SMILES string of the molecule is CN[SH]1(=O)C[C@@](C)(c2cc(NC(=O)c3ccc(Cl)cn3)ccc2F)NC(=N)[C@@]1(C)c1ccc(F)cc1. The number of pyridine rings is 1. The lowest BCUT2D eigenvalue weighted by Crippen LogP contribution is -2.69. The molecule has 3 aromatic rings. The average Bonchev–Trinajstić information content (AvgIpc) is 2.84. The number of hydrogen-bond acceptors (Lipinski definition) is 4. The zero-order chi connectivity index (χ0) is 26.3. The summed E-state index contributed by atoms with van der Waals surface area (Å²) in [5.74, 6) is -1.70. The number of amidine groups is 1. The predicted molar refractivity (Wildman–Crippen MR) is 139 cm³/mol. The molecular formula is C25H26ClF2N5O2S. The molecule has 190 valence electrons. The minimum Gasteiger partial charge on any atom is -0.362 e. The van der Waals surface area contributed by atoms with Crippen LogP contribution in [0.5, 0.6) is 0 Å². The molecule has 1 aromatic heterocycles. The number of benzene rings is 2. The molecule has 2 atom stereocenters. The van der Waals surface area contributed by atoms with Gasteiger partial charge < -0.3 is 10.6 Å². The van der Waals surface area contributed by atoms with Gasteiger partial charge in [-0.25, -0.2) is 13.8 Å². The summed E-state index contributed by atoms with van der Waals surface area (Å²) in [6.07, 6.45) is 1.35. The number of hydrogen-bond donors (Lipinski definition) is 5. The number of rotatable bonds is 5. The van der Waals surface area contributed by atoms with Gasteiger partial charge in [-0.2, -0.15) is 0 Å². The minimum absolute atomic E-state index is 0.0557. The van der Waals surface area contributed by atoms with E-state index in [0.29, 0.717) is 16.3 Å². The predicted octanol–water partition coefficient (Wildman–Crippen LogP) is 4.13. The summed E-state index contributed by atoms with van der Waals surface area (Å²) in [5.41, 5.74) is -0.195. The molecule has 4 rings (SSSR count). The highest BCUT2D eigenvalue weighted by Gasteiger charge is 2.54. The van der Waals surface area contributed by atoms with E-state index in [-0.39, 0.29) is 22.8 Å². The fraction of sp³-hybridized carbons (Fsp3) is 0.240. The summed E-state index contributed by atoms with van der Waals surface area (Å²) in [5, 5.41) is 15.0. The van der Waals surface area contributed by atoms with Crippen LogP contribution in [-0.2, 0) is 20.4 Å². The number of carbonyl (C=O) groups excluding carboxylic acids is 1. The Kier molecular flexibility index (Phi) is 6.72. The Morgan fingerprint density at radius 2 is 1.83 bits per heavy atom. The minimum atomic E-state index is -3.45. The van der Waals surface area contributed by atoms with Gasteiger partial charge in [-0.15, -0.1) is 0 Å². The Morgan fingerprint density at radius 3 is 2.44 bits per heavy atom. The van der Waals surface area contributed by atoms with Crippen LogP contribution < -0.4 is 15.4 Å².